The summed E-state index contributed by atoms with van der Waals surface area (Å²) in [5, 5.41) is 12.2. The molecule has 2 amide bonds. The van der Waals surface area contributed by atoms with Crippen molar-refractivity contribution in [1.82, 2.24) is 9.80 Å². The molecule has 4 aromatic carbocycles. The number of aliphatic hydroxyl groups is 1. The number of piperidine rings is 2. The Morgan fingerprint density at radius 2 is 1.23 bits per heavy atom. The molecule has 0 radical (unpaired) electrons. The quantitative estimate of drug-likeness (QED) is 0.284. The van der Waals surface area contributed by atoms with Gasteiger partial charge in [-0.25, -0.2) is 8.78 Å². The fraction of sp³-hybridized carbons (Fsp3) is 0.297. The van der Waals surface area contributed by atoms with Crippen molar-refractivity contribution in [3.05, 3.63) is 143 Å². The van der Waals surface area contributed by atoms with Crippen molar-refractivity contribution in [1.29, 1.82) is 0 Å². The van der Waals surface area contributed by atoms with E-state index in [2.05, 4.69) is 0 Å². The highest BCUT2D eigenvalue weighted by Gasteiger charge is 2.47. The molecule has 2 heterocycles. The highest BCUT2D eigenvalue weighted by atomic mass is 19.1. The smallest absolute Gasteiger partial charge is 0.242 e. The molecule has 1 N–H and O–H groups in total. The molecule has 0 bridgehead atoms. The lowest BCUT2D eigenvalue weighted by Crippen LogP contribution is -2.55. The van der Waals surface area contributed by atoms with Crippen LogP contribution in [0.1, 0.15) is 47.9 Å². The SMILES string of the molecule is O=C(CN1CCCC(c2ccccc2)(c2ccccc2)C1=O)N1CCC(C(O)(c2ccc(F)cc2)c2ccc(F)cc2)CC1. The van der Waals surface area contributed by atoms with E-state index in [1.54, 1.807) is 34.1 Å². The Morgan fingerprint density at radius 1 is 0.750 bits per heavy atom. The van der Waals surface area contributed by atoms with Crippen LogP contribution in [0, 0.1) is 17.6 Å². The summed E-state index contributed by atoms with van der Waals surface area (Å²) in [6, 6.07) is 31.1. The number of likely N-dealkylation sites (tertiary alicyclic amines) is 2. The number of carbonyl (C=O) groups excluding carboxylic acids is 2. The topological polar surface area (TPSA) is 60.9 Å². The van der Waals surface area contributed by atoms with Crippen LogP contribution in [0.3, 0.4) is 0 Å². The monoisotopic (exact) mass is 594 g/mol. The Kier molecular flexibility index (Phi) is 8.32. The van der Waals surface area contributed by atoms with Crippen molar-refractivity contribution in [2.75, 3.05) is 26.2 Å². The van der Waals surface area contributed by atoms with E-state index in [1.165, 1.54) is 24.3 Å². The molecular weight excluding hydrogens is 558 g/mol. The number of hydrogen-bond acceptors (Lipinski definition) is 3. The molecule has 0 saturated carbocycles. The molecule has 226 valence electrons. The first-order chi connectivity index (χ1) is 21.3. The summed E-state index contributed by atoms with van der Waals surface area (Å²) >= 11 is 0. The van der Waals surface area contributed by atoms with Crippen molar-refractivity contribution >= 4 is 11.8 Å². The third kappa shape index (κ3) is 5.41. The third-order valence-corrected chi connectivity index (χ3v) is 9.50. The number of hydrogen-bond donors (Lipinski definition) is 1. The van der Waals surface area contributed by atoms with E-state index in [1.807, 2.05) is 60.7 Å². The minimum Gasteiger partial charge on any atom is -0.380 e. The third-order valence-electron chi connectivity index (χ3n) is 9.50. The lowest BCUT2D eigenvalue weighted by molar-refractivity contribution is -0.146. The van der Waals surface area contributed by atoms with Gasteiger partial charge in [-0.2, -0.15) is 0 Å². The first kappa shape index (κ1) is 29.7. The summed E-state index contributed by atoms with van der Waals surface area (Å²) in [5.74, 6) is -1.30. The zero-order valence-corrected chi connectivity index (χ0v) is 24.5. The van der Waals surface area contributed by atoms with E-state index in [0.29, 0.717) is 50.0 Å². The molecule has 6 rings (SSSR count). The molecule has 0 unspecified atom stereocenters. The molecule has 0 aromatic heterocycles. The molecule has 2 saturated heterocycles. The summed E-state index contributed by atoms with van der Waals surface area (Å²) in [6.07, 6.45) is 2.42. The van der Waals surface area contributed by atoms with Gasteiger partial charge in [-0.3, -0.25) is 9.59 Å². The van der Waals surface area contributed by atoms with Crippen molar-refractivity contribution in [3.8, 4) is 0 Å². The van der Waals surface area contributed by atoms with Crippen LogP contribution >= 0.6 is 0 Å². The van der Waals surface area contributed by atoms with E-state index in [-0.39, 0.29) is 24.3 Å². The summed E-state index contributed by atoms with van der Waals surface area (Å²) in [5.41, 5.74) is 0.559. The van der Waals surface area contributed by atoms with Crippen LogP contribution in [-0.4, -0.2) is 52.9 Å². The number of amides is 2. The lowest BCUT2D eigenvalue weighted by Gasteiger charge is -2.44. The zero-order chi connectivity index (χ0) is 30.7. The first-order valence-corrected chi connectivity index (χ1v) is 15.2. The Bertz CT molecular complexity index is 1500. The van der Waals surface area contributed by atoms with Gasteiger partial charge in [0.1, 0.15) is 17.2 Å². The minimum atomic E-state index is -1.48. The van der Waals surface area contributed by atoms with Gasteiger partial charge in [-0.1, -0.05) is 84.9 Å². The van der Waals surface area contributed by atoms with Crippen LogP contribution in [0.15, 0.2) is 109 Å². The van der Waals surface area contributed by atoms with Crippen molar-refractivity contribution in [3.63, 3.8) is 0 Å². The summed E-state index contributed by atoms with van der Waals surface area (Å²) in [7, 11) is 0. The molecular formula is C37H36F2N2O3. The van der Waals surface area contributed by atoms with Gasteiger partial charge in [-0.05, 0) is 78.1 Å². The molecule has 2 aliphatic heterocycles. The lowest BCUT2D eigenvalue weighted by atomic mass is 9.68. The maximum atomic E-state index is 14.3. The first-order valence-electron chi connectivity index (χ1n) is 15.2. The molecule has 2 aliphatic rings. The minimum absolute atomic E-state index is 0.00882. The predicted molar refractivity (Wildman–Crippen MR) is 165 cm³/mol. The van der Waals surface area contributed by atoms with E-state index in [4.69, 9.17) is 0 Å². The van der Waals surface area contributed by atoms with Gasteiger partial charge >= 0.3 is 0 Å². The van der Waals surface area contributed by atoms with E-state index >= 15 is 0 Å². The van der Waals surface area contributed by atoms with Crippen LogP contribution in [0.5, 0.6) is 0 Å². The van der Waals surface area contributed by atoms with Crippen molar-refractivity contribution in [2.45, 2.75) is 36.7 Å². The predicted octanol–water partition coefficient (Wildman–Crippen LogP) is 6.05. The van der Waals surface area contributed by atoms with Crippen LogP contribution in [0.2, 0.25) is 0 Å². The maximum Gasteiger partial charge on any atom is 0.242 e. The van der Waals surface area contributed by atoms with Gasteiger partial charge < -0.3 is 14.9 Å². The summed E-state index contributed by atoms with van der Waals surface area (Å²) in [6.45, 7) is 1.31. The fourth-order valence-electron chi connectivity index (χ4n) is 7.17. The number of carbonyl (C=O) groups is 2. The Labute approximate surface area is 256 Å². The van der Waals surface area contributed by atoms with Crippen molar-refractivity contribution < 1.29 is 23.5 Å². The highest BCUT2D eigenvalue weighted by Crippen LogP contribution is 2.43. The molecule has 0 spiro atoms. The van der Waals surface area contributed by atoms with Gasteiger partial charge in [0, 0.05) is 19.6 Å². The summed E-state index contributed by atoms with van der Waals surface area (Å²) < 4.78 is 27.5. The molecule has 7 heteroatoms. The van der Waals surface area contributed by atoms with Crippen LogP contribution < -0.4 is 0 Å². The number of halogens is 2. The number of nitrogens with zero attached hydrogens (tertiary/aromatic N) is 2. The molecule has 0 aliphatic carbocycles. The molecule has 0 atom stereocenters. The average Bonchev–Trinajstić information content (AvgIpc) is 3.07. The van der Waals surface area contributed by atoms with E-state index in [9.17, 15) is 23.5 Å². The highest BCUT2D eigenvalue weighted by molar-refractivity contribution is 5.95. The molecule has 44 heavy (non-hydrogen) atoms. The fourth-order valence-corrected chi connectivity index (χ4v) is 7.17. The van der Waals surface area contributed by atoms with Crippen LogP contribution in [0.25, 0.3) is 0 Å². The van der Waals surface area contributed by atoms with Gasteiger partial charge in [0.15, 0.2) is 0 Å². The zero-order valence-electron chi connectivity index (χ0n) is 24.5. The van der Waals surface area contributed by atoms with E-state index < -0.39 is 22.7 Å². The second-order valence-corrected chi connectivity index (χ2v) is 11.9. The second-order valence-electron chi connectivity index (χ2n) is 11.9. The second kappa shape index (κ2) is 12.3. The number of benzene rings is 4. The molecule has 2 fully saturated rings. The summed E-state index contributed by atoms with van der Waals surface area (Å²) in [4.78, 5) is 31.4. The number of rotatable bonds is 7. The van der Waals surface area contributed by atoms with Crippen LogP contribution in [-0.2, 0) is 20.6 Å². The Morgan fingerprint density at radius 3 is 1.70 bits per heavy atom. The van der Waals surface area contributed by atoms with Gasteiger partial charge in [0.05, 0.1) is 12.0 Å². The van der Waals surface area contributed by atoms with Gasteiger partial charge in [-0.15, -0.1) is 0 Å². The average molecular weight is 595 g/mol. The molecule has 4 aromatic rings. The molecule has 5 nitrogen and oxygen atoms in total. The van der Waals surface area contributed by atoms with Gasteiger partial charge in [0.25, 0.3) is 0 Å². The Hall–Kier alpha value is -4.36. The normalized spacial score (nSPS) is 17.5. The maximum absolute atomic E-state index is 14.3. The van der Waals surface area contributed by atoms with Crippen LogP contribution in [0.4, 0.5) is 8.78 Å². The Balaban J connectivity index is 1.19. The standard InChI is InChI=1S/C37H36F2N2O3/c38-32-16-12-29(13-17-32)37(44,30-14-18-33(39)19-15-30)31-20-24-40(25-21-31)34(42)26-41-23-7-22-36(35(41)43,27-8-3-1-4-9-27)28-10-5-2-6-11-28/h1-6,8-19,31,44H,7,20-26H2. The largest absolute Gasteiger partial charge is 0.380 e. The van der Waals surface area contributed by atoms with Gasteiger partial charge in [0.2, 0.25) is 11.8 Å². The van der Waals surface area contributed by atoms with E-state index in [0.717, 1.165) is 17.5 Å². The van der Waals surface area contributed by atoms with Crippen molar-refractivity contribution in [2.24, 2.45) is 5.92 Å².